The van der Waals surface area contributed by atoms with Crippen LogP contribution in [-0.4, -0.2) is 31.2 Å². The van der Waals surface area contributed by atoms with Crippen molar-refractivity contribution in [1.29, 1.82) is 0 Å². The zero-order valence-corrected chi connectivity index (χ0v) is 15.4. The van der Waals surface area contributed by atoms with Crippen LogP contribution in [0.25, 0.3) is 11.4 Å². The minimum atomic E-state index is -0.279. The molecule has 5 nitrogen and oxygen atoms in total. The molecule has 4 heterocycles. The number of nitrogens with zero attached hydrogens (tertiary/aromatic N) is 5. The summed E-state index contributed by atoms with van der Waals surface area (Å²) in [6.45, 7) is 4.83. The Balaban J connectivity index is 1.54. The van der Waals surface area contributed by atoms with Crippen molar-refractivity contribution in [3.8, 4) is 11.4 Å². The topological polar surface area (TPSA) is 46.8 Å². The van der Waals surface area contributed by atoms with Crippen molar-refractivity contribution >= 4 is 15.9 Å². The first kappa shape index (κ1) is 16.4. The van der Waals surface area contributed by atoms with Gasteiger partial charge >= 0.3 is 0 Å². The average molecular weight is 402 g/mol. The third kappa shape index (κ3) is 3.34. The highest BCUT2D eigenvalue weighted by molar-refractivity contribution is 9.10. The molecular weight excluding hydrogens is 385 g/mol. The fourth-order valence-corrected chi connectivity index (χ4v) is 3.40. The normalized spacial score (nSPS) is 14.5. The first-order chi connectivity index (χ1) is 12.1. The van der Waals surface area contributed by atoms with E-state index in [0.29, 0.717) is 16.7 Å². The number of halogens is 2. The van der Waals surface area contributed by atoms with Gasteiger partial charge in [-0.05, 0) is 46.6 Å². The molecule has 1 aliphatic heterocycles. The summed E-state index contributed by atoms with van der Waals surface area (Å²) < 4.78 is 16.7. The first-order valence-corrected chi connectivity index (χ1v) is 8.90. The molecule has 0 spiro atoms. The molecule has 0 bridgehead atoms. The molecule has 3 aromatic heterocycles. The Morgan fingerprint density at radius 1 is 1.24 bits per heavy atom. The molecule has 0 aliphatic carbocycles. The van der Waals surface area contributed by atoms with Crippen molar-refractivity contribution in [2.24, 2.45) is 0 Å². The van der Waals surface area contributed by atoms with Crippen LogP contribution in [-0.2, 0) is 19.6 Å². The van der Waals surface area contributed by atoms with E-state index in [2.05, 4.69) is 42.0 Å². The van der Waals surface area contributed by atoms with Crippen molar-refractivity contribution in [3.63, 3.8) is 0 Å². The van der Waals surface area contributed by atoms with Crippen LogP contribution in [0.5, 0.6) is 0 Å². The van der Waals surface area contributed by atoms with E-state index in [4.69, 9.17) is 0 Å². The van der Waals surface area contributed by atoms with Gasteiger partial charge < -0.3 is 0 Å². The fraction of sp³-hybridized carbons (Fsp3) is 0.278. The van der Waals surface area contributed by atoms with Gasteiger partial charge in [-0.1, -0.05) is 6.07 Å². The Kier molecular flexibility index (Phi) is 4.35. The molecule has 7 heteroatoms. The molecule has 128 valence electrons. The summed E-state index contributed by atoms with van der Waals surface area (Å²) >= 11 is 3.24. The molecule has 0 radical (unpaired) electrons. The van der Waals surface area contributed by atoms with E-state index in [-0.39, 0.29) is 5.82 Å². The lowest BCUT2D eigenvalue weighted by atomic mass is 10.1. The molecule has 0 atom stereocenters. The molecule has 0 N–H and O–H groups in total. The van der Waals surface area contributed by atoms with Crippen LogP contribution in [0.3, 0.4) is 0 Å². The predicted molar refractivity (Wildman–Crippen MR) is 96.2 cm³/mol. The van der Waals surface area contributed by atoms with Crippen LogP contribution in [0, 0.1) is 12.7 Å². The summed E-state index contributed by atoms with van der Waals surface area (Å²) in [5.74, 6) is -0.279. The van der Waals surface area contributed by atoms with Crippen molar-refractivity contribution in [2.45, 2.75) is 26.6 Å². The zero-order valence-electron chi connectivity index (χ0n) is 13.8. The molecule has 0 saturated carbocycles. The van der Waals surface area contributed by atoms with E-state index in [0.717, 1.165) is 42.3 Å². The minimum absolute atomic E-state index is 0.279. The van der Waals surface area contributed by atoms with Crippen LogP contribution in [0.4, 0.5) is 4.39 Å². The van der Waals surface area contributed by atoms with Crippen LogP contribution in [0.1, 0.15) is 17.0 Å². The third-order valence-corrected chi connectivity index (χ3v) is 4.82. The number of fused-ring (bicyclic) bond motifs is 1. The Bertz CT molecular complexity index is 924. The smallest absolute Gasteiger partial charge is 0.147 e. The summed E-state index contributed by atoms with van der Waals surface area (Å²) in [6.07, 6.45) is 3.42. The third-order valence-electron chi connectivity index (χ3n) is 4.39. The van der Waals surface area contributed by atoms with Crippen LogP contribution < -0.4 is 0 Å². The lowest BCUT2D eigenvalue weighted by Gasteiger charge is -2.27. The lowest BCUT2D eigenvalue weighted by molar-refractivity contribution is 0.200. The number of hydrogen-bond donors (Lipinski definition) is 0. The van der Waals surface area contributed by atoms with Crippen molar-refractivity contribution < 1.29 is 4.39 Å². The Morgan fingerprint density at radius 3 is 2.92 bits per heavy atom. The molecule has 0 fully saturated rings. The molecule has 0 aromatic carbocycles. The molecule has 0 amide bonds. The largest absolute Gasteiger partial charge is 0.290 e. The Morgan fingerprint density at radius 2 is 2.12 bits per heavy atom. The molecule has 0 unspecified atom stereocenters. The average Bonchev–Trinajstić information content (AvgIpc) is 3.01. The van der Waals surface area contributed by atoms with Gasteiger partial charge in [0.05, 0.1) is 23.6 Å². The first-order valence-electron chi connectivity index (χ1n) is 8.11. The van der Waals surface area contributed by atoms with E-state index in [9.17, 15) is 4.39 Å². The maximum absolute atomic E-state index is 14.0. The van der Waals surface area contributed by atoms with Gasteiger partial charge in [-0.15, -0.1) is 0 Å². The van der Waals surface area contributed by atoms with E-state index in [1.807, 2.05) is 23.7 Å². The molecule has 0 saturated heterocycles. The van der Waals surface area contributed by atoms with Gasteiger partial charge in [-0.2, -0.15) is 5.10 Å². The number of aromatic nitrogens is 4. The number of pyridine rings is 2. The van der Waals surface area contributed by atoms with Gasteiger partial charge in [0.25, 0.3) is 0 Å². The number of hydrogen-bond acceptors (Lipinski definition) is 4. The van der Waals surface area contributed by atoms with Crippen molar-refractivity contribution in [2.75, 3.05) is 6.54 Å². The monoisotopic (exact) mass is 401 g/mol. The summed E-state index contributed by atoms with van der Waals surface area (Å²) in [4.78, 5) is 10.8. The van der Waals surface area contributed by atoms with Gasteiger partial charge in [-0.25, -0.2) is 4.39 Å². The SMILES string of the molecule is Cc1cccnc1-c1cc2n(n1)CCN(Cc1ncc(Br)cc1F)C2. The lowest BCUT2D eigenvalue weighted by Crippen LogP contribution is -2.33. The summed E-state index contributed by atoms with van der Waals surface area (Å²) in [5, 5.41) is 4.68. The van der Waals surface area contributed by atoms with E-state index < -0.39 is 0 Å². The number of aryl methyl sites for hydroxylation is 1. The van der Waals surface area contributed by atoms with Gasteiger partial charge in [-0.3, -0.25) is 19.5 Å². The van der Waals surface area contributed by atoms with Gasteiger partial charge in [0.2, 0.25) is 0 Å². The van der Waals surface area contributed by atoms with E-state index in [1.54, 1.807) is 12.4 Å². The summed E-state index contributed by atoms with van der Waals surface area (Å²) in [5.41, 5.74) is 4.50. The molecule has 1 aliphatic rings. The number of rotatable bonds is 3. The highest BCUT2D eigenvalue weighted by Crippen LogP contribution is 2.24. The standard InChI is InChI=1S/C18H17BrFN5/c1-12-3-2-4-21-18(12)16-8-14-10-24(5-6-25(14)23-16)11-17-15(20)7-13(19)9-22-17/h2-4,7-9H,5-6,10-11H2,1H3. The highest BCUT2D eigenvalue weighted by Gasteiger charge is 2.21. The van der Waals surface area contributed by atoms with E-state index >= 15 is 0 Å². The second-order valence-electron chi connectivity index (χ2n) is 6.21. The Labute approximate surface area is 153 Å². The molecule has 4 rings (SSSR count). The molecule has 25 heavy (non-hydrogen) atoms. The quantitative estimate of drug-likeness (QED) is 0.672. The molecular formula is C18H17BrFN5. The maximum Gasteiger partial charge on any atom is 0.147 e. The van der Waals surface area contributed by atoms with E-state index in [1.165, 1.54) is 6.07 Å². The summed E-state index contributed by atoms with van der Waals surface area (Å²) in [7, 11) is 0. The second kappa shape index (κ2) is 6.65. The van der Waals surface area contributed by atoms with Gasteiger partial charge in [0.1, 0.15) is 11.5 Å². The zero-order chi connectivity index (χ0) is 17.4. The second-order valence-corrected chi connectivity index (χ2v) is 7.12. The predicted octanol–water partition coefficient (Wildman–Crippen LogP) is 3.57. The molecule has 3 aromatic rings. The van der Waals surface area contributed by atoms with Gasteiger partial charge in [0.15, 0.2) is 0 Å². The van der Waals surface area contributed by atoms with Crippen molar-refractivity contribution in [1.82, 2.24) is 24.6 Å². The van der Waals surface area contributed by atoms with Gasteiger partial charge in [0, 0.05) is 36.5 Å². The van der Waals surface area contributed by atoms with Crippen LogP contribution in [0.15, 0.2) is 41.1 Å². The minimum Gasteiger partial charge on any atom is -0.290 e. The van der Waals surface area contributed by atoms with Crippen molar-refractivity contribution in [3.05, 3.63) is 63.9 Å². The Hall–Kier alpha value is -2.12. The van der Waals surface area contributed by atoms with Crippen LogP contribution >= 0.6 is 15.9 Å². The summed E-state index contributed by atoms with van der Waals surface area (Å²) in [6, 6.07) is 7.50. The fourth-order valence-electron chi connectivity index (χ4n) is 3.10. The van der Waals surface area contributed by atoms with Crippen LogP contribution in [0.2, 0.25) is 0 Å². The maximum atomic E-state index is 14.0. The highest BCUT2D eigenvalue weighted by atomic mass is 79.9.